The minimum absolute atomic E-state index is 0.254. The number of rotatable bonds is 2. The Bertz CT molecular complexity index is 398. The molecule has 0 aliphatic heterocycles. The van der Waals surface area contributed by atoms with Gasteiger partial charge in [-0.1, -0.05) is 11.6 Å². The third kappa shape index (κ3) is 2.57. The third-order valence-electron chi connectivity index (χ3n) is 1.69. The fourth-order valence-corrected chi connectivity index (χ4v) is 1.09. The average Bonchev–Trinajstić information content (AvgIpc) is 2.25. The number of anilines is 1. The van der Waals surface area contributed by atoms with Crippen molar-refractivity contribution >= 4 is 17.3 Å². The van der Waals surface area contributed by atoms with E-state index in [2.05, 4.69) is 9.97 Å². The minimum Gasteiger partial charge on any atom is -0.424 e. The molecule has 5 heteroatoms. The van der Waals surface area contributed by atoms with Crippen molar-refractivity contribution in [2.45, 2.75) is 0 Å². The van der Waals surface area contributed by atoms with E-state index >= 15 is 0 Å². The summed E-state index contributed by atoms with van der Waals surface area (Å²) in [7, 11) is 0. The number of aromatic nitrogens is 2. The van der Waals surface area contributed by atoms with E-state index < -0.39 is 0 Å². The molecule has 0 radical (unpaired) electrons. The number of ether oxygens (including phenoxy) is 1. The lowest BCUT2D eigenvalue weighted by molar-refractivity contribution is 0.442. The van der Waals surface area contributed by atoms with E-state index in [4.69, 9.17) is 22.1 Å². The lowest BCUT2D eigenvalue weighted by Crippen LogP contribution is -1.91. The van der Waals surface area contributed by atoms with E-state index in [-0.39, 0.29) is 6.01 Å². The molecule has 0 bridgehead atoms. The first kappa shape index (κ1) is 9.73. The van der Waals surface area contributed by atoms with Crippen molar-refractivity contribution in [2.75, 3.05) is 5.73 Å². The number of benzene rings is 1. The fraction of sp³-hybridized carbons (Fsp3) is 0. The fourth-order valence-electron chi connectivity index (χ4n) is 0.994. The molecule has 76 valence electrons. The second kappa shape index (κ2) is 4.14. The quantitative estimate of drug-likeness (QED) is 0.792. The molecule has 1 heterocycles. The molecule has 1 aromatic heterocycles. The Morgan fingerprint density at radius 3 is 2.27 bits per heavy atom. The van der Waals surface area contributed by atoms with Gasteiger partial charge in [-0.3, -0.25) is 0 Å². The van der Waals surface area contributed by atoms with E-state index in [9.17, 15) is 0 Å². The predicted octanol–water partition coefficient (Wildman–Crippen LogP) is 2.50. The first-order valence-corrected chi connectivity index (χ1v) is 4.63. The largest absolute Gasteiger partial charge is 0.424 e. The summed E-state index contributed by atoms with van der Waals surface area (Å²) in [6.07, 6.45) is 2.95. The van der Waals surface area contributed by atoms with Crippen molar-refractivity contribution < 1.29 is 4.74 Å². The van der Waals surface area contributed by atoms with Gasteiger partial charge in [0.05, 0.1) is 17.4 Å². The van der Waals surface area contributed by atoms with Crippen LogP contribution < -0.4 is 10.5 Å². The van der Waals surface area contributed by atoms with Gasteiger partial charge in [0.25, 0.3) is 0 Å². The summed E-state index contributed by atoms with van der Waals surface area (Å²) in [5, 5.41) is 0.472. The molecule has 0 atom stereocenters. The smallest absolute Gasteiger partial charge is 0.321 e. The van der Waals surface area contributed by atoms with Gasteiger partial charge < -0.3 is 10.5 Å². The normalized spacial score (nSPS) is 9.93. The van der Waals surface area contributed by atoms with Crippen LogP contribution in [0.2, 0.25) is 5.02 Å². The van der Waals surface area contributed by atoms with Crippen molar-refractivity contribution in [3.63, 3.8) is 0 Å². The number of nitrogens with zero attached hydrogens (tertiary/aromatic N) is 2. The molecule has 0 amide bonds. The van der Waals surface area contributed by atoms with Crippen molar-refractivity contribution in [3.8, 4) is 11.8 Å². The molecule has 2 rings (SSSR count). The molecule has 15 heavy (non-hydrogen) atoms. The van der Waals surface area contributed by atoms with Crippen LogP contribution in [-0.2, 0) is 0 Å². The Labute approximate surface area is 91.7 Å². The second-order valence-electron chi connectivity index (χ2n) is 2.85. The minimum atomic E-state index is 0.254. The monoisotopic (exact) mass is 221 g/mol. The molecule has 4 nitrogen and oxygen atoms in total. The van der Waals surface area contributed by atoms with Crippen LogP contribution in [0.15, 0.2) is 36.7 Å². The van der Waals surface area contributed by atoms with Crippen molar-refractivity contribution in [3.05, 3.63) is 41.7 Å². The van der Waals surface area contributed by atoms with E-state index in [1.165, 1.54) is 12.4 Å². The van der Waals surface area contributed by atoms with Gasteiger partial charge in [-0.25, -0.2) is 9.97 Å². The topological polar surface area (TPSA) is 61.0 Å². The number of hydrogen-bond acceptors (Lipinski definition) is 4. The Morgan fingerprint density at radius 2 is 1.67 bits per heavy atom. The SMILES string of the molecule is Nc1ccc(Oc2ncc(Cl)cn2)cc1. The third-order valence-corrected chi connectivity index (χ3v) is 1.88. The number of nitrogen functional groups attached to an aromatic ring is 1. The number of hydrogen-bond donors (Lipinski definition) is 1. The molecule has 0 spiro atoms. The zero-order valence-electron chi connectivity index (χ0n) is 7.72. The number of nitrogens with two attached hydrogens (primary N) is 1. The highest BCUT2D eigenvalue weighted by molar-refractivity contribution is 6.30. The molecule has 1 aromatic carbocycles. The van der Waals surface area contributed by atoms with Crippen LogP contribution >= 0.6 is 11.6 Å². The van der Waals surface area contributed by atoms with Crippen LogP contribution in [-0.4, -0.2) is 9.97 Å². The highest BCUT2D eigenvalue weighted by Crippen LogP contribution is 2.19. The Balaban J connectivity index is 2.15. The molecule has 0 unspecified atom stereocenters. The number of halogens is 1. The molecule has 0 aliphatic rings. The van der Waals surface area contributed by atoms with E-state index in [0.29, 0.717) is 16.5 Å². The molecule has 0 fully saturated rings. The molecule has 0 saturated heterocycles. The highest BCUT2D eigenvalue weighted by Gasteiger charge is 1.99. The van der Waals surface area contributed by atoms with Gasteiger partial charge in [0.15, 0.2) is 0 Å². The van der Waals surface area contributed by atoms with E-state index in [0.717, 1.165) is 0 Å². The van der Waals surface area contributed by atoms with Gasteiger partial charge >= 0.3 is 6.01 Å². The predicted molar refractivity (Wildman–Crippen MR) is 58.0 cm³/mol. The maximum atomic E-state index is 5.64. The van der Waals surface area contributed by atoms with Crippen LogP contribution in [0.25, 0.3) is 0 Å². The maximum Gasteiger partial charge on any atom is 0.321 e. The Kier molecular flexibility index (Phi) is 2.69. The van der Waals surface area contributed by atoms with Gasteiger partial charge in [0.2, 0.25) is 0 Å². The lowest BCUT2D eigenvalue weighted by Gasteiger charge is -2.02. The first-order valence-electron chi connectivity index (χ1n) is 4.25. The molecule has 0 saturated carbocycles. The molecule has 2 aromatic rings. The van der Waals surface area contributed by atoms with Crippen LogP contribution in [0.3, 0.4) is 0 Å². The van der Waals surface area contributed by atoms with Crippen LogP contribution in [0.4, 0.5) is 5.69 Å². The van der Waals surface area contributed by atoms with Crippen molar-refractivity contribution in [1.29, 1.82) is 0 Å². The summed E-state index contributed by atoms with van der Waals surface area (Å²) in [5.74, 6) is 0.631. The van der Waals surface area contributed by atoms with Crippen molar-refractivity contribution in [1.82, 2.24) is 9.97 Å². The van der Waals surface area contributed by atoms with Gasteiger partial charge in [0.1, 0.15) is 5.75 Å². The standard InChI is InChI=1S/C10H8ClN3O/c11-7-5-13-10(14-6-7)15-9-3-1-8(12)2-4-9/h1-6H,12H2. The van der Waals surface area contributed by atoms with Gasteiger partial charge in [0, 0.05) is 5.69 Å². The Hall–Kier alpha value is -1.81. The molecule has 2 N–H and O–H groups in total. The summed E-state index contributed by atoms with van der Waals surface area (Å²) in [4.78, 5) is 7.80. The Morgan fingerprint density at radius 1 is 1.07 bits per heavy atom. The van der Waals surface area contributed by atoms with Gasteiger partial charge in [-0.05, 0) is 24.3 Å². The molecular formula is C10H8ClN3O. The lowest BCUT2D eigenvalue weighted by atomic mass is 10.3. The van der Waals surface area contributed by atoms with E-state index in [1.807, 2.05) is 0 Å². The van der Waals surface area contributed by atoms with Gasteiger partial charge in [-0.2, -0.15) is 0 Å². The average molecular weight is 222 g/mol. The second-order valence-corrected chi connectivity index (χ2v) is 3.29. The summed E-state index contributed by atoms with van der Waals surface area (Å²) in [5.41, 5.74) is 6.22. The summed E-state index contributed by atoms with van der Waals surface area (Å²) in [6, 6.07) is 7.22. The van der Waals surface area contributed by atoms with Crippen LogP contribution in [0, 0.1) is 0 Å². The van der Waals surface area contributed by atoms with Gasteiger partial charge in [-0.15, -0.1) is 0 Å². The summed E-state index contributed by atoms with van der Waals surface area (Å²) >= 11 is 5.64. The van der Waals surface area contributed by atoms with E-state index in [1.54, 1.807) is 24.3 Å². The maximum absolute atomic E-state index is 5.64. The zero-order valence-corrected chi connectivity index (χ0v) is 8.48. The first-order chi connectivity index (χ1) is 7.24. The van der Waals surface area contributed by atoms with Crippen LogP contribution in [0.5, 0.6) is 11.8 Å². The summed E-state index contributed by atoms with van der Waals surface area (Å²) < 4.78 is 5.35. The zero-order chi connectivity index (χ0) is 10.7. The van der Waals surface area contributed by atoms with Crippen LogP contribution in [0.1, 0.15) is 0 Å². The summed E-state index contributed by atoms with van der Waals surface area (Å²) in [6.45, 7) is 0. The highest BCUT2D eigenvalue weighted by atomic mass is 35.5. The molecular weight excluding hydrogens is 214 g/mol. The van der Waals surface area contributed by atoms with Crippen molar-refractivity contribution in [2.24, 2.45) is 0 Å². The molecule has 0 aliphatic carbocycles.